The first-order valence-electron chi connectivity index (χ1n) is 16.7. The SMILES string of the molecule is O=C(CC(c1ccccc1)(c1ccccc1)c1ccccc1)N[C@@H](Cc1ccc(OCc2ccccc2)c(OCc2ccccc2)c1)C(=O)O. The first kappa shape index (κ1) is 33.7. The van der Waals surface area contributed by atoms with Crippen LogP contribution in [0.25, 0.3) is 0 Å². The molecule has 0 bridgehead atoms. The van der Waals surface area contributed by atoms with E-state index in [2.05, 4.69) is 5.32 Å². The van der Waals surface area contributed by atoms with Crippen LogP contribution in [-0.2, 0) is 34.6 Å². The van der Waals surface area contributed by atoms with E-state index < -0.39 is 17.4 Å². The lowest BCUT2D eigenvalue weighted by Gasteiger charge is -2.36. The van der Waals surface area contributed by atoms with Crippen molar-refractivity contribution >= 4 is 11.9 Å². The molecule has 0 radical (unpaired) electrons. The molecule has 1 amide bonds. The number of hydrogen-bond donors (Lipinski definition) is 2. The number of ether oxygens (including phenoxy) is 2. The molecule has 2 N–H and O–H groups in total. The van der Waals surface area contributed by atoms with Crippen LogP contribution in [0.1, 0.15) is 39.8 Å². The lowest BCUT2D eigenvalue weighted by atomic mass is 9.67. The van der Waals surface area contributed by atoms with Crippen LogP contribution in [0.2, 0.25) is 0 Å². The smallest absolute Gasteiger partial charge is 0.326 e. The van der Waals surface area contributed by atoms with Crippen LogP contribution in [-0.4, -0.2) is 23.0 Å². The van der Waals surface area contributed by atoms with Gasteiger partial charge in [-0.3, -0.25) is 4.79 Å². The predicted molar refractivity (Wildman–Crippen MR) is 195 cm³/mol. The van der Waals surface area contributed by atoms with Gasteiger partial charge in [0.2, 0.25) is 5.91 Å². The molecule has 0 spiro atoms. The van der Waals surface area contributed by atoms with Crippen LogP contribution in [0.15, 0.2) is 170 Å². The number of benzene rings is 6. The van der Waals surface area contributed by atoms with Crippen LogP contribution in [0.4, 0.5) is 0 Å². The molecule has 0 saturated carbocycles. The normalized spacial score (nSPS) is 11.7. The fourth-order valence-corrected chi connectivity index (χ4v) is 6.28. The van der Waals surface area contributed by atoms with Gasteiger partial charge in [-0.25, -0.2) is 4.79 Å². The zero-order valence-electron chi connectivity index (χ0n) is 27.7. The number of carboxylic acids is 1. The van der Waals surface area contributed by atoms with Crippen molar-refractivity contribution in [1.82, 2.24) is 5.32 Å². The second-order valence-electron chi connectivity index (χ2n) is 12.2. The van der Waals surface area contributed by atoms with E-state index >= 15 is 0 Å². The highest BCUT2D eigenvalue weighted by Crippen LogP contribution is 2.42. The van der Waals surface area contributed by atoms with Crippen molar-refractivity contribution in [2.24, 2.45) is 0 Å². The number of carbonyl (C=O) groups excluding carboxylic acids is 1. The quantitative estimate of drug-likeness (QED) is 0.108. The van der Waals surface area contributed by atoms with Crippen molar-refractivity contribution in [3.63, 3.8) is 0 Å². The Hall–Kier alpha value is -6.14. The number of amides is 1. The van der Waals surface area contributed by atoms with Crippen molar-refractivity contribution in [3.05, 3.63) is 203 Å². The summed E-state index contributed by atoms with van der Waals surface area (Å²) in [6.45, 7) is 0.660. The number of hydrogen-bond acceptors (Lipinski definition) is 4. The van der Waals surface area contributed by atoms with Gasteiger partial charge in [-0.15, -0.1) is 0 Å². The van der Waals surface area contributed by atoms with Crippen LogP contribution in [0, 0.1) is 0 Å². The predicted octanol–water partition coefficient (Wildman–Crippen LogP) is 8.38. The summed E-state index contributed by atoms with van der Waals surface area (Å²) in [6.07, 6.45) is 0.0588. The zero-order chi connectivity index (χ0) is 34.6. The van der Waals surface area contributed by atoms with E-state index in [-0.39, 0.29) is 18.7 Å². The van der Waals surface area contributed by atoms with Gasteiger partial charge in [-0.2, -0.15) is 0 Å². The fraction of sp³-hybridized carbons (Fsp3) is 0.136. The fourth-order valence-electron chi connectivity index (χ4n) is 6.28. The minimum Gasteiger partial charge on any atom is -0.485 e. The van der Waals surface area contributed by atoms with E-state index in [1.54, 1.807) is 12.1 Å². The Labute approximate surface area is 293 Å². The maximum absolute atomic E-state index is 14.1. The van der Waals surface area contributed by atoms with Crippen molar-refractivity contribution in [2.45, 2.75) is 37.5 Å². The Morgan fingerprint density at radius 3 is 1.40 bits per heavy atom. The van der Waals surface area contributed by atoms with E-state index in [4.69, 9.17) is 9.47 Å². The number of carbonyl (C=O) groups is 2. The van der Waals surface area contributed by atoms with Gasteiger partial charge in [0.15, 0.2) is 11.5 Å². The summed E-state index contributed by atoms with van der Waals surface area (Å²) in [6, 6.07) is 53.5. The molecular weight excluding hydrogens is 622 g/mol. The molecule has 6 aromatic carbocycles. The minimum absolute atomic E-state index is 0.00647. The Morgan fingerprint density at radius 2 is 0.960 bits per heavy atom. The van der Waals surface area contributed by atoms with Gasteiger partial charge in [-0.05, 0) is 45.5 Å². The third-order valence-electron chi connectivity index (χ3n) is 8.78. The molecule has 50 heavy (non-hydrogen) atoms. The Balaban J connectivity index is 1.26. The highest BCUT2D eigenvalue weighted by Gasteiger charge is 2.39. The van der Waals surface area contributed by atoms with Crippen LogP contribution in [0.5, 0.6) is 11.5 Å². The second-order valence-corrected chi connectivity index (χ2v) is 12.2. The topological polar surface area (TPSA) is 84.9 Å². The molecule has 0 saturated heterocycles. The molecular formula is C44H39NO5. The van der Waals surface area contributed by atoms with E-state index in [1.807, 2.05) is 158 Å². The standard InChI is InChI=1S/C44H39NO5/c46-42(30-44(36-20-10-3-11-21-36,37-22-12-4-13-23-37)38-24-14-5-15-25-38)45-39(43(47)48)28-35-26-27-40(49-31-33-16-6-1-7-17-33)41(29-35)50-32-34-18-8-2-9-19-34/h1-27,29,39H,28,30-32H2,(H,45,46)(H,47,48)/t39-/m0/s1. The van der Waals surface area contributed by atoms with Gasteiger partial charge < -0.3 is 19.9 Å². The van der Waals surface area contributed by atoms with Crippen molar-refractivity contribution in [1.29, 1.82) is 0 Å². The van der Waals surface area contributed by atoms with Gasteiger partial charge in [0.1, 0.15) is 19.3 Å². The van der Waals surface area contributed by atoms with Crippen LogP contribution in [0.3, 0.4) is 0 Å². The highest BCUT2D eigenvalue weighted by atomic mass is 16.5. The first-order valence-corrected chi connectivity index (χ1v) is 16.7. The molecule has 0 unspecified atom stereocenters. The summed E-state index contributed by atoms with van der Waals surface area (Å²) in [5, 5.41) is 13.2. The summed E-state index contributed by atoms with van der Waals surface area (Å²) in [4.78, 5) is 26.7. The maximum Gasteiger partial charge on any atom is 0.326 e. The third kappa shape index (κ3) is 8.28. The molecule has 0 fully saturated rings. The Kier molecular flexibility index (Phi) is 11.0. The molecule has 0 aliphatic rings. The Morgan fingerprint density at radius 1 is 0.540 bits per heavy atom. The monoisotopic (exact) mass is 661 g/mol. The lowest BCUT2D eigenvalue weighted by Crippen LogP contribution is -2.45. The maximum atomic E-state index is 14.1. The van der Waals surface area contributed by atoms with Crippen molar-refractivity contribution in [3.8, 4) is 11.5 Å². The molecule has 0 aliphatic heterocycles. The second kappa shape index (κ2) is 16.3. The molecule has 250 valence electrons. The van der Waals surface area contributed by atoms with Crippen LogP contribution < -0.4 is 14.8 Å². The van der Waals surface area contributed by atoms with E-state index in [0.717, 1.165) is 27.8 Å². The number of rotatable bonds is 15. The molecule has 0 aromatic heterocycles. The lowest BCUT2D eigenvalue weighted by molar-refractivity contribution is -0.141. The summed E-state index contributed by atoms with van der Waals surface area (Å²) in [5.74, 6) is -0.464. The average molecular weight is 662 g/mol. The van der Waals surface area contributed by atoms with Gasteiger partial charge in [0, 0.05) is 12.8 Å². The summed E-state index contributed by atoms with van der Waals surface area (Å²) in [7, 11) is 0. The Bertz CT molecular complexity index is 1870. The molecule has 6 nitrogen and oxygen atoms in total. The molecule has 1 atom stereocenters. The van der Waals surface area contributed by atoms with Crippen molar-refractivity contribution in [2.75, 3.05) is 0 Å². The molecule has 6 aromatic rings. The number of nitrogens with one attached hydrogen (secondary N) is 1. The first-order chi connectivity index (χ1) is 24.5. The van der Waals surface area contributed by atoms with E-state index in [9.17, 15) is 14.7 Å². The molecule has 0 heterocycles. The number of aliphatic carboxylic acids is 1. The van der Waals surface area contributed by atoms with E-state index in [1.165, 1.54) is 0 Å². The minimum atomic E-state index is -1.18. The van der Waals surface area contributed by atoms with Gasteiger partial charge in [-0.1, -0.05) is 158 Å². The molecule has 6 heteroatoms. The van der Waals surface area contributed by atoms with Gasteiger partial charge in [0.25, 0.3) is 0 Å². The highest BCUT2D eigenvalue weighted by molar-refractivity contribution is 5.85. The largest absolute Gasteiger partial charge is 0.485 e. The summed E-state index contributed by atoms with van der Waals surface area (Å²) in [5.41, 5.74) is 4.64. The third-order valence-corrected chi connectivity index (χ3v) is 8.78. The van der Waals surface area contributed by atoms with E-state index in [0.29, 0.717) is 30.3 Å². The van der Waals surface area contributed by atoms with Crippen molar-refractivity contribution < 1.29 is 24.2 Å². The number of carboxylic acid groups (broad SMARTS) is 1. The summed E-state index contributed by atoms with van der Waals surface area (Å²) < 4.78 is 12.4. The average Bonchev–Trinajstić information content (AvgIpc) is 3.17. The molecule has 0 aliphatic carbocycles. The molecule has 6 rings (SSSR count). The summed E-state index contributed by atoms with van der Waals surface area (Å²) >= 11 is 0. The van der Waals surface area contributed by atoms with Gasteiger partial charge in [0.05, 0.1) is 5.41 Å². The van der Waals surface area contributed by atoms with Crippen LogP contribution >= 0.6 is 0 Å². The van der Waals surface area contributed by atoms with Gasteiger partial charge >= 0.3 is 5.97 Å². The zero-order valence-corrected chi connectivity index (χ0v) is 27.7.